The van der Waals surface area contributed by atoms with Crippen LogP contribution in [0, 0.1) is 0 Å². The summed E-state index contributed by atoms with van der Waals surface area (Å²) in [6, 6.07) is 0.658. The highest BCUT2D eigenvalue weighted by Crippen LogP contribution is 2.18. The summed E-state index contributed by atoms with van der Waals surface area (Å²) in [5, 5.41) is 3.63. The van der Waals surface area contributed by atoms with E-state index in [1.54, 1.807) is 0 Å². The van der Waals surface area contributed by atoms with Crippen LogP contribution in [0.15, 0.2) is 0 Å². The predicted octanol–water partition coefficient (Wildman–Crippen LogP) is 1.48. The molecule has 0 radical (unpaired) electrons. The molecule has 1 fully saturated rings. The van der Waals surface area contributed by atoms with Crippen LogP contribution in [0.1, 0.15) is 33.1 Å². The Morgan fingerprint density at radius 3 is 2.33 bits per heavy atom. The second-order valence-corrected chi connectivity index (χ2v) is 5.04. The first-order chi connectivity index (χ1) is 7.08. The van der Waals surface area contributed by atoms with E-state index in [4.69, 9.17) is 4.74 Å². The average Bonchev–Trinajstić information content (AvgIpc) is 2.10. The van der Waals surface area contributed by atoms with E-state index in [1.807, 2.05) is 0 Å². The number of hydrogen-bond acceptors (Lipinski definition) is 3. The summed E-state index contributed by atoms with van der Waals surface area (Å²) in [5.74, 6) is 0. The topological polar surface area (TPSA) is 24.5 Å². The van der Waals surface area contributed by atoms with Gasteiger partial charge in [-0.1, -0.05) is 0 Å². The van der Waals surface area contributed by atoms with Gasteiger partial charge in [-0.3, -0.25) is 0 Å². The van der Waals surface area contributed by atoms with Gasteiger partial charge in [0.05, 0.1) is 12.2 Å². The van der Waals surface area contributed by atoms with Crippen molar-refractivity contribution in [2.75, 3.05) is 27.2 Å². The maximum atomic E-state index is 5.71. The van der Waals surface area contributed by atoms with E-state index in [0.29, 0.717) is 18.2 Å². The molecule has 0 saturated carbocycles. The second-order valence-electron chi connectivity index (χ2n) is 5.04. The van der Waals surface area contributed by atoms with Gasteiger partial charge in [-0.2, -0.15) is 0 Å². The average molecular weight is 214 g/mol. The molecule has 1 heterocycles. The molecule has 2 atom stereocenters. The van der Waals surface area contributed by atoms with E-state index in [0.717, 1.165) is 19.4 Å². The third kappa shape index (κ3) is 5.50. The number of rotatable bonds is 5. The van der Waals surface area contributed by atoms with Crippen molar-refractivity contribution in [3.8, 4) is 0 Å². The van der Waals surface area contributed by atoms with Crippen molar-refractivity contribution in [3.63, 3.8) is 0 Å². The lowest BCUT2D eigenvalue weighted by molar-refractivity contribution is -0.0420. The van der Waals surface area contributed by atoms with E-state index in [1.165, 1.54) is 13.0 Å². The van der Waals surface area contributed by atoms with E-state index < -0.39 is 0 Å². The summed E-state index contributed by atoms with van der Waals surface area (Å²) in [4.78, 5) is 2.23. The van der Waals surface area contributed by atoms with Crippen molar-refractivity contribution < 1.29 is 4.74 Å². The van der Waals surface area contributed by atoms with Crippen LogP contribution in [0.4, 0.5) is 0 Å². The molecule has 1 N–H and O–H groups in total. The summed E-state index contributed by atoms with van der Waals surface area (Å²) in [6.45, 7) is 6.64. The van der Waals surface area contributed by atoms with E-state index in [-0.39, 0.29) is 0 Å². The van der Waals surface area contributed by atoms with Crippen molar-refractivity contribution >= 4 is 0 Å². The van der Waals surface area contributed by atoms with Crippen LogP contribution < -0.4 is 5.32 Å². The zero-order chi connectivity index (χ0) is 11.3. The zero-order valence-electron chi connectivity index (χ0n) is 10.6. The molecule has 15 heavy (non-hydrogen) atoms. The molecular formula is C12H26N2O. The summed E-state index contributed by atoms with van der Waals surface area (Å²) >= 11 is 0. The summed E-state index contributed by atoms with van der Waals surface area (Å²) in [5.41, 5.74) is 0. The minimum Gasteiger partial charge on any atom is -0.375 e. The largest absolute Gasteiger partial charge is 0.375 e. The molecule has 90 valence electrons. The number of ether oxygens (including phenoxy) is 1. The predicted molar refractivity (Wildman–Crippen MR) is 64.2 cm³/mol. The molecule has 0 amide bonds. The van der Waals surface area contributed by atoms with E-state index >= 15 is 0 Å². The molecule has 3 heteroatoms. The fourth-order valence-corrected chi connectivity index (χ4v) is 2.27. The Morgan fingerprint density at radius 1 is 1.20 bits per heavy atom. The lowest BCUT2D eigenvalue weighted by atomic mass is 10.00. The SMILES string of the molecule is C[C@H]1CC(NCCCN(C)C)C[C@H](C)O1. The van der Waals surface area contributed by atoms with E-state index in [2.05, 4.69) is 38.2 Å². The van der Waals surface area contributed by atoms with Gasteiger partial charge in [-0.05, 0) is 60.3 Å². The third-order valence-electron chi connectivity index (χ3n) is 2.91. The van der Waals surface area contributed by atoms with Crippen molar-refractivity contribution in [3.05, 3.63) is 0 Å². The molecule has 1 rings (SSSR count). The first-order valence-corrected chi connectivity index (χ1v) is 6.11. The van der Waals surface area contributed by atoms with Gasteiger partial charge in [0.25, 0.3) is 0 Å². The second kappa shape index (κ2) is 6.46. The zero-order valence-corrected chi connectivity index (χ0v) is 10.6. The number of nitrogens with one attached hydrogen (secondary N) is 1. The molecule has 1 saturated heterocycles. The van der Waals surface area contributed by atoms with Gasteiger partial charge in [0.15, 0.2) is 0 Å². The van der Waals surface area contributed by atoms with Gasteiger partial charge in [-0.25, -0.2) is 0 Å². The van der Waals surface area contributed by atoms with Crippen molar-refractivity contribution in [2.45, 2.75) is 51.4 Å². The first-order valence-electron chi connectivity index (χ1n) is 6.11. The maximum Gasteiger partial charge on any atom is 0.0565 e. The molecule has 0 spiro atoms. The Kier molecular flexibility index (Phi) is 5.58. The highest BCUT2D eigenvalue weighted by Gasteiger charge is 2.23. The molecule has 0 aromatic heterocycles. The fraction of sp³-hybridized carbons (Fsp3) is 1.00. The molecule has 0 unspecified atom stereocenters. The van der Waals surface area contributed by atoms with Crippen LogP contribution in [0.25, 0.3) is 0 Å². The van der Waals surface area contributed by atoms with Crippen LogP contribution in [-0.2, 0) is 4.74 Å². The van der Waals surface area contributed by atoms with Gasteiger partial charge in [0.2, 0.25) is 0 Å². The minimum absolute atomic E-state index is 0.417. The lowest BCUT2D eigenvalue weighted by Gasteiger charge is -2.32. The normalized spacial score (nSPS) is 32.2. The van der Waals surface area contributed by atoms with Crippen LogP contribution in [0.2, 0.25) is 0 Å². The highest BCUT2D eigenvalue weighted by molar-refractivity contribution is 4.78. The Morgan fingerprint density at radius 2 is 1.80 bits per heavy atom. The summed E-state index contributed by atoms with van der Waals surface area (Å²) < 4.78 is 5.71. The number of nitrogens with zero attached hydrogens (tertiary/aromatic N) is 1. The molecule has 1 aliphatic rings. The van der Waals surface area contributed by atoms with Gasteiger partial charge >= 0.3 is 0 Å². The van der Waals surface area contributed by atoms with Crippen LogP contribution in [-0.4, -0.2) is 50.3 Å². The van der Waals surface area contributed by atoms with E-state index in [9.17, 15) is 0 Å². The van der Waals surface area contributed by atoms with Crippen LogP contribution >= 0.6 is 0 Å². The van der Waals surface area contributed by atoms with Crippen LogP contribution in [0.3, 0.4) is 0 Å². The quantitative estimate of drug-likeness (QED) is 0.702. The molecule has 0 bridgehead atoms. The van der Waals surface area contributed by atoms with Gasteiger partial charge in [-0.15, -0.1) is 0 Å². The Bertz CT molecular complexity index is 163. The molecular weight excluding hydrogens is 188 g/mol. The summed E-state index contributed by atoms with van der Waals surface area (Å²) in [6.07, 6.45) is 4.38. The molecule has 1 aliphatic heterocycles. The Hall–Kier alpha value is -0.120. The van der Waals surface area contributed by atoms with Crippen LogP contribution in [0.5, 0.6) is 0 Å². The Balaban J connectivity index is 2.10. The molecule has 0 aliphatic carbocycles. The highest BCUT2D eigenvalue weighted by atomic mass is 16.5. The molecule has 0 aromatic carbocycles. The van der Waals surface area contributed by atoms with Gasteiger partial charge in [0, 0.05) is 6.04 Å². The number of hydrogen-bond donors (Lipinski definition) is 1. The molecule has 0 aromatic rings. The van der Waals surface area contributed by atoms with Crippen molar-refractivity contribution in [1.82, 2.24) is 10.2 Å². The monoisotopic (exact) mass is 214 g/mol. The third-order valence-corrected chi connectivity index (χ3v) is 2.91. The lowest BCUT2D eigenvalue weighted by Crippen LogP contribution is -2.42. The smallest absolute Gasteiger partial charge is 0.0565 e. The van der Waals surface area contributed by atoms with Gasteiger partial charge in [0.1, 0.15) is 0 Å². The minimum atomic E-state index is 0.417. The fourth-order valence-electron chi connectivity index (χ4n) is 2.27. The van der Waals surface area contributed by atoms with Crippen molar-refractivity contribution in [2.24, 2.45) is 0 Å². The molecule has 3 nitrogen and oxygen atoms in total. The van der Waals surface area contributed by atoms with Gasteiger partial charge < -0.3 is 15.0 Å². The first kappa shape index (κ1) is 12.9. The van der Waals surface area contributed by atoms with Crippen molar-refractivity contribution in [1.29, 1.82) is 0 Å². The summed E-state index contributed by atoms with van der Waals surface area (Å²) in [7, 11) is 4.25. The maximum absolute atomic E-state index is 5.71. The Labute approximate surface area is 94.2 Å². The standard InChI is InChI=1S/C12H26N2O/c1-10-8-12(9-11(2)15-10)13-6-5-7-14(3)4/h10-13H,5-9H2,1-4H3/t10-,11-/m0/s1.